The van der Waals surface area contributed by atoms with Crippen molar-refractivity contribution in [3.8, 4) is 0 Å². The fourth-order valence-corrected chi connectivity index (χ4v) is 2.26. The summed E-state index contributed by atoms with van der Waals surface area (Å²) in [5.74, 6) is 0.368. The van der Waals surface area contributed by atoms with Gasteiger partial charge in [0.2, 0.25) is 0 Å². The lowest BCUT2D eigenvalue weighted by Gasteiger charge is -1.94. The van der Waals surface area contributed by atoms with Crippen LogP contribution in [-0.2, 0) is 17.6 Å². The summed E-state index contributed by atoms with van der Waals surface area (Å²) in [4.78, 5) is 13.9. The van der Waals surface area contributed by atoms with Crippen LogP contribution in [0.5, 0.6) is 0 Å². The quantitative estimate of drug-likeness (QED) is 0.706. The molecule has 0 fully saturated rings. The van der Waals surface area contributed by atoms with Gasteiger partial charge in [-0.3, -0.25) is 4.79 Å². The Morgan fingerprint density at radius 1 is 1.31 bits per heavy atom. The summed E-state index contributed by atoms with van der Waals surface area (Å²) in [6, 6.07) is 4.20. The SMILES string of the molecule is CCCC(=O)Cc1ccc(CC)s1. The van der Waals surface area contributed by atoms with Crippen LogP contribution in [-0.4, -0.2) is 5.78 Å². The van der Waals surface area contributed by atoms with Crippen LogP contribution in [0.3, 0.4) is 0 Å². The topological polar surface area (TPSA) is 17.1 Å². The minimum Gasteiger partial charge on any atom is -0.299 e. The van der Waals surface area contributed by atoms with Crippen LogP contribution < -0.4 is 0 Å². The van der Waals surface area contributed by atoms with Crippen molar-refractivity contribution in [2.75, 3.05) is 0 Å². The minimum absolute atomic E-state index is 0.368. The molecule has 1 aromatic heterocycles. The summed E-state index contributed by atoms with van der Waals surface area (Å²) in [7, 11) is 0. The molecule has 0 aliphatic carbocycles. The van der Waals surface area contributed by atoms with E-state index >= 15 is 0 Å². The van der Waals surface area contributed by atoms with Gasteiger partial charge in [0, 0.05) is 22.6 Å². The Bertz CT molecular complexity index is 275. The van der Waals surface area contributed by atoms with E-state index in [4.69, 9.17) is 0 Å². The normalized spacial score (nSPS) is 10.3. The van der Waals surface area contributed by atoms with Crippen molar-refractivity contribution < 1.29 is 4.79 Å². The minimum atomic E-state index is 0.368. The summed E-state index contributed by atoms with van der Waals surface area (Å²) in [5, 5.41) is 0. The molecule has 0 atom stereocenters. The molecule has 0 amide bonds. The van der Waals surface area contributed by atoms with Gasteiger partial charge < -0.3 is 0 Å². The smallest absolute Gasteiger partial charge is 0.138 e. The molecule has 13 heavy (non-hydrogen) atoms. The van der Waals surface area contributed by atoms with Crippen molar-refractivity contribution in [2.45, 2.75) is 39.5 Å². The highest BCUT2D eigenvalue weighted by atomic mass is 32.1. The number of hydrogen-bond acceptors (Lipinski definition) is 2. The summed E-state index contributed by atoms with van der Waals surface area (Å²) in [6.07, 6.45) is 3.40. The molecule has 0 aliphatic heterocycles. The molecule has 0 saturated heterocycles. The Hall–Kier alpha value is -0.630. The summed E-state index contributed by atoms with van der Waals surface area (Å²) >= 11 is 1.77. The highest BCUT2D eigenvalue weighted by molar-refractivity contribution is 7.12. The fourth-order valence-electron chi connectivity index (χ4n) is 1.27. The zero-order valence-electron chi connectivity index (χ0n) is 8.30. The van der Waals surface area contributed by atoms with Crippen LogP contribution in [0.1, 0.15) is 36.4 Å². The van der Waals surface area contributed by atoms with Gasteiger partial charge in [-0.2, -0.15) is 0 Å². The average Bonchev–Trinajstić information content (AvgIpc) is 2.52. The molecular formula is C11H16OS. The highest BCUT2D eigenvalue weighted by Crippen LogP contribution is 2.18. The monoisotopic (exact) mass is 196 g/mol. The first-order valence-electron chi connectivity index (χ1n) is 4.85. The molecule has 1 heterocycles. The van der Waals surface area contributed by atoms with Gasteiger partial charge in [0.15, 0.2) is 0 Å². The van der Waals surface area contributed by atoms with Gasteiger partial charge in [0.25, 0.3) is 0 Å². The van der Waals surface area contributed by atoms with Crippen molar-refractivity contribution in [1.82, 2.24) is 0 Å². The molecule has 0 N–H and O–H groups in total. The van der Waals surface area contributed by atoms with E-state index in [1.807, 2.05) is 6.92 Å². The van der Waals surface area contributed by atoms with Gasteiger partial charge in [-0.1, -0.05) is 13.8 Å². The molecule has 1 rings (SSSR count). The van der Waals surface area contributed by atoms with Crippen LogP contribution in [0, 0.1) is 0 Å². The van der Waals surface area contributed by atoms with Gasteiger partial charge in [-0.15, -0.1) is 11.3 Å². The summed E-state index contributed by atoms with van der Waals surface area (Å²) in [5.41, 5.74) is 0. The Morgan fingerprint density at radius 3 is 2.54 bits per heavy atom. The number of carbonyl (C=O) groups excluding carboxylic acids is 1. The Morgan fingerprint density at radius 2 is 2.00 bits per heavy atom. The maximum absolute atomic E-state index is 11.3. The fraction of sp³-hybridized carbons (Fsp3) is 0.545. The van der Waals surface area contributed by atoms with Crippen molar-refractivity contribution in [2.24, 2.45) is 0 Å². The number of thiophene rings is 1. The van der Waals surface area contributed by atoms with Gasteiger partial charge in [-0.05, 0) is 25.0 Å². The molecule has 1 nitrogen and oxygen atoms in total. The van der Waals surface area contributed by atoms with Crippen molar-refractivity contribution >= 4 is 17.1 Å². The largest absolute Gasteiger partial charge is 0.299 e. The first-order valence-corrected chi connectivity index (χ1v) is 5.67. The van der Waals surface area contributed by atoms with Crippen molar-refractivity contribution in [3.05, 3.63) is 21.9 Å². The van der Waals surface area contributed by atoms with E-state index in [1.54, 1.807) is 11.3 Å². The van der Waals surface area contributed by atoms with E-state index in [0.29, 0.717) is 12.2 Å². The van der Waals surface area contributed by atoms with E-state index < -0.39 is 0 Å². The maximum atomic E-state index is 11.3. The Balaban J connectivity index is 2.49. The average molecular weight is 196 g/mol. The molecule has 1 aromatic rings. The molecule has 0 radical (unpaired) electrons. The van der Waals surface area contributed by atoms with E-state index in [0.717, 1.165) is 19.3 Å². The third-order valence-electron chi connectivity index (χ3n) is 1.97. The molecule has 0 aliphatic rings. The van der Waals surface area contributed by atoms with Gasteiger partial charge in [0.05, 0.1) is 0 Å². The molecule has 0 spiro atoms. The maximum Gasteiger partial charge on any atom is 0.138 e. The highest BCUT2D eigenvalue weighted by Gasteiger charge is 2.04. The lowest BCUT2D eigenvalue weighted by atomic mass is 10.1. The number of ketones is 1. The number of rotatable bonds is 5. The molecular weight excluding hydrogens is 180 g/mol. The van der Waals surface area contributed by atoms with Crippen LogP contribution in [0.25, 0.3) is 0 Å². The summed E-state index contributed by atoms with van der Waals surface area (Å²) in [6.45, 7) is 4.19. The Kier molecular flexibility index (Phi) is 4.16. The molecule has 2 heteroatoms. The second-order valence-electron chi connectivity index (χ2n) is 3.19. The number of hydrogen-bond donors (Lipinski definition) is 0. The van der Waals surface area contributed by atoms with Gasteiger partial charge in [0.1, 0.15) is 5.78 Å². The molecule has 0 saturated carbocycles. The lowest BCUT2D eigenvalue weighted by Crippen LogP contribution is -1.99. The predicted molar refractivity (Wildman–Crippen MR) is 57.3 cm³/mol. The van der Waals surface area contributed by atoms with Crippen molar-refractivity contribution in [3.63, 3.8) is 0 Å². The van der Waals surface area contributed by atoms with Crippen LogP contribution in [0.2, 0.25) is 0 Å². The van der Waals surface area contributed by atoms with E-state index in [9.17, 15) is 4.79 Å². The second-order valence-corrected chi connectivity index (χ2v) is 4.44. The standard InChI is InChI=1S/C11H16OS/c1-3-5-9(12)8-11-7-6-10(4-2)13-11/h6-7H,3-5,8H2,1-2H3. The Labute approximate surface area is 83.8 Å². The second kappa shape index (κ2) is 5.18. The van der Waals surface area contributed by atoms with Crippen LogP contribution >= 0.6 is 11.3 Å². The molecule has 72 valence electrons. The number of Topliss-reactive ketones (excluding diaryl/α,β-unsaturated/α-hetero) is 1. The van der Waals surface area contributed by atoms with Crippen LogP contribution in [0.15, 0.2) is 12.1 Å². The zero-order valence-corrected chi connectivity index (χ0v) is 9.12. The summed E-state index contributed by atoms with van der Waals surface area (Å²) < 4.78 is 0. The first kappa shape index (κ1) is 10.5. The third kappa shape index (κ3) is 3.31. The zero-order chi connectivity index (χ0) is 9.68. The van der Waals surface area contributed by atoms with E-state index in [-0.39, 0.29) is 0 Å². The molecule has 0 unspecified atom stereocenters. The van der Waals surface area contributed by atoms with Crippen molar-refractivity contribution in [1.29, 1.82) is 0 Å². The van der Waals surface area contributed by atoms with Crippen LogP contribution in [0.4, 0.5) is 0 Å². The van der Waals surface area contributed by atoms with Gasteiger partial charge >= 0.3 is 0 Å². The first-order chi connectivity index (χ1) is 6.26. The molecule has 0 aromatic carbocycles. The van der Waals surface area contributed by atoms with E-state index in [2.05, 4.69) is 19.1 Å². The van der Waals surface area contributed by atoms with Gasteiger partial charge in [-0.25, -0.2) is 0 Å². The molecule has 0 bridgehead atoms. The van der Waals surface area contributed by atoms with E-state index in [1.165, 1.54) is 9.75 Å². The number of carbonyl (C=O) groups is 1. The third-order valence-corrected chi connectivity index (χ3v) is 3.20. The predicted octanol–water partition coefficient (Wildman–Crippen LogP) is 3.22. The number of aryl methyl sites for hydroxylation is 1. The lowest BCUT2D eigenvalue weighted by molar-refractivity contribution is -0.118.